The Hall–Kier alpha value is -2.78. The second-order valence-corrected chi connectivity index (χ2v) is 11.9. The van der Waals surface area contributed by atoms with Crippen molar-refractivity contribution in [3.05, 3.63) is 41.0 Å². The first-order valence-corrected chi connectivity index (χ1v) is 13.5. The number of hydrogen-bond donors (Lipinski definition) is 1. The number of carbonyl (C=O) groups is 2. The van der Waals surface area contributed by atoms with Crippen LogP contribution in [0.3, 0.4) is 0 Å². The topological polar surface area (TPSA) is 89.2 Å². The van der Waals surface area contributed by atoms with Crippen LogP contribution in [0, 0.1) is 23.7 Å². The van der Waals surface area contributed by atoms with Crippen LogP contribution in [-0.2, 0) is 9.59 Å². The number of carbonyl (C=O) groups excluding carboxylic acids is 1. The minimum Gasteiger partial charge on any atom is -0.497 e. The molecular formula is C27H27NO6S2. The fourth-order valence-corrected chi connectivity index (χ4v) is 8.16. The zero-order valence-corrected chi connectivity index (χ0v) is 21.5. The Bertz CT molecular complexity index is 1240. The molecule has 1 aromatic heterocycles. The summed E-state index contributed by atoms with van der Waals surface area (Å²) in [7, 11) is 1.53. The SMILES string of the molecule is COc1cc(OCC(=O)O)cc(-c2ccc(C=C3SC(=S)N(C4C5CC6CC(C5)CC4C6)C3=O)o2)c1. The van der Waals surface area contributed by atoms with Crippen LogP contribution in [0.15, 0.2) is 39.7 Å². The van der Waals surface area contributed by atoms with Gasteiger partial charge >= 0.3 is 5.97 Å². The number of nitrogens with zero attached hydrogens (tertiary/aromatic N) is 1. The average molecular weight is 526 g/mol. The van der Waals surface area contributed by atoms with E-state index in [9.17, 15) is 9.59 Å². The van der Waals surface area contributed by atoms with E-state index in [0.717, 1.165) is 11.8 Å². The Kier molecular flexibility index (Phi) is 6.08. The standard InChI is InChI=1S/C27H27NO6S2/c1-32-20-9-16(10-21(11-20)33-13-24(29)30)22-3-2-19(34-22)12-23-26(31)28(27(35)36-23)25-17-5-14-4-15(7-17)8-18(25)6-14/h2-3,9-12,14-15,17-18,25H,4-8,13H2,1H3,(H,29,30). The van der Waals surface area contributed by atoms with E-state index in [4.69, 9.17) is 31.2 Å². The van der Waals surface area contributed by atoms with Gasteiger partial charge in [0.15, 0.2) is 6.61 Å². The third-order valence-electron chi connectivity index (χ3n) is 7.96. The molecule has 1 amide bonds. The Morgan fingerprint density at radius 1 is 1.14 bits per heavy atom. The molecule has 9 heteroatoms. The highest BCUT2D eigenvalue weighted by Gasteiger charge is 2.53. The van der Waals surface area contributed by atoms with Gasteiger partial charge < -0.3 is 19.0 Å². The summed E-state index contributed by atoms with van der Waals surface area (Å²) in [6.07, 6.45) is 8.06. The van der Waals surface area contributed by atoms with Crippen molar-refractivity contribution in [3.8, 4) is 22.8 Å². The van der Waals surface area contributed by atoms with Gasteiger partial charge in [-0.1, -0.05) is 24.0 Å². The van der Waals surface area contributed by atoms with E-state index in [1.54, 1.807) is 30.3 Å². The van der Waals surface area contributed by atoms with Crippen molar-refractivity contribution < 1.29 is 28.6 Å². The molecule has 7 rings (SSSR count). The van der Waals surface area contributed by atoms with E-state index in [-0.39, 0.29) is 11.9 Å². The molecule has 188 valence electrons. The van der Waals surface area contributed by atoms with Crippen LogP contribution in [-0.4, -0.2) is 46.0 Å². The van der Waals surface area contributed by atoms with Crippen molar-refractivity contribution in [2.75, 3.05) is 13.7 Å². The van der Waals surface area contributed by atoms with Crippen molar-refractivity contribution in [1.82, 2.24) is 4.90 Å². The van der Waals surface area contributed by atoms with E-state index in [1.165, 1.54) is 51.0 Å². The Morgan fingerprint density at radius 3 is 2.50 bits per heavy atom. The molecule has 0 spiro atoms. The number of carboxylic acids is 1. The van der Waals surface area contributed by atoms with Crippen molar-refractivity contribution >= 4 is 46.3 Å². The fourth-order valence-electron chi connectivity index (χ4n) is 6.83. The van der Waals surface area contributed by atoms with Crippen LogP contribution >= 0.6 is 24.0 Å². The van der Waals surface area contributed by atoms with E-state index in [0.29, 0.717) is 49.6 Å². The maximum absolute atomic E-state index is 13.5. The van der Waals surface area contributed by atoms with Gasteiger partial charge in [0.1, 0.15) is 27.3 Å². The van der Waals surface area contributed by atoms with Gasteiger partial charge in [-0.15, -0.1) is 0 Å². The Labute approximate surface area is 218 Å². The minimum atomic E-state index is -1.06. The molecule has 5 fully saturated rings. The van der Waals surface area contributed by atoms with Crippen LogP contribution in [0.2, 0.25) is 0 Å². The van der Waals surface area contributed by atoms with Crippen LogP contribution in [0.5, 0.6) is 11.5 Å². The largest absolute Gasteiger partial charge is 0.497 e. The van der Waals surface area contributed by atoms with Crippen molar-refractivity contribution in [2.45, 2.75) is 38.1 Å². The lowest BCUT2D eigenvalue weighted by Gasteiger charge is -2.56. The molecule has 2 aromatic rings. The molecule has 7 nitrogen and oxygen atoms in total. The predicted molar refractivity (Wildman–Crippen MR) is 140 cm³/mol. The second kappa shape index (κ2) is 9.27. The Morgan fingerprint density at radius 2 is 1.83 bits per heavy atom. The van der Waals surface area contributed by atoms with Gasteiger partial charge in [0, 0.05) is 23.7 Å². The van der Waals surface area contributed by atoms with Crippen molar-refractivity contribution in [2.24, 2.45) is 23.7 Å². The molecule has 0 radical (unpaired) electrons. The van der Waals surface area contributed by atoms with Gasteiger partial charge in [-0.25, -0.2) is 4.79 Å². The maximum atomic E-state index is 13.5. The predicted octanol–water partition coefficient (Wildman–Crippen LogP) is 5.44. The number of thioether (sulfide) groups is 1. The lowest BCUT2D eigenvalue weighted by molar-refractivity contribution is -0.139. The first-order valence-electron chi connectivity index (χ1n) is 12.3. The molecule has 4 aliphatic carbocycles. The van der Waals surface area contributed by atoms with Crippen molar-refractivity contribution in [1.29, 1.82) is 0 Å². The summed E-state index contributed by atoms with van der Waals surface area (Å²) >= 11 is 7.06. The number of methoxy groups -OCH3 is 1. The molecule has 1 saturated heterocycles. The lowest BCUT2D eigenvalue weighted by atomic mass is 9.54. The summed E-state index contributed by atoms with van der Waals surface area (Å²) in [6, 6.07) is 8.94. The van der Waals surface area contributed by atoms with E-state index in [2.05, 4.69) is 0 Å². The zero-order chi connectivity index (χ0) is 25.0. The molecule has 1 aliphatic heterocycles. The molecule has 4 saturated carbocycles. The van der Waals surface area contributed by atoms with Crippen LogP contribution < -0.4 is 9.47 Å². The molecule has 36 heavy (non-hydrogen) atoms. The van der Waals surface area contributed by atoms with Crippen LogP contribution in [0.25, 0.3) is 17.4 Å². The average Bonchev–Trinajstić information content (AvgIpc) is 3.42. The lowest BCUT2D eigenvalue weighted by Crippen LogP contribution is -2.57. The summed E-state index contributed by atoms with van der Waals surface area (Å²) in [4.78, 5) is 26.9. The third-order valence-corrected chi connectivity index (χ3v) is 9.29. The molecule has 0 unspecified atom stereocenters. The number of benzene rings is 1. The number of furan rings is 1. The van der Waals surface area contributed by atoms with E-state index < -0.39 is 12.6 Å². The zero-order valence-electron chi connectivity index (χ0n) is 19.8. The van der Waals surface area contributed by atoms with Crippen LogP contribution in [0.1, 0.15) is 37.9 Å². The number of aliphatic carboxylic acids is 1. The van der Waals surface area contributed by atoms with Gasteiger partial charge in [0.05, 0.1) is 12.0 Å². The highest BCUT2D eigenvalue weighted by atomic mass is 32.2. The second-order valence-electron chi connectivity index (χ2n) is 10.3. The monoisotopic (exact) mass is 525 g/mol. The third kappa shape index (κ3) is 4.32. The first-order chi connectivity index (χ1) is 17.4. The van der Waals surface area contributed by atoms with Gasteiger partial charge in [-0.05, 0) is 80.0 Å². The highest BCUT2D eigenvalue weighted by molar-refractivity contribution is 8.26. The number of thiocarbonyl (C=S) groups is 1. The molecule has 2 heterocycles. The van der Waals surface area contributed by atoms with Crippen molar-refractivity contribution in [3.63, 3.8) is 0 Å². The van der Waals surface area contributed by atoms with Gasteiger partial charge in [0.2, 0.25) is 0 Å². The van der Waals surface area contributed by atoms with E-state index >= 15 is 0 Å². The molecular weight excluding hydrogens is 498 g/mol. The number of rotatable bonds is 7. The van der Waals surface area contributed by atoms with Gasteiger partial charge in [0.25, 0.3) is 5.91 Å². The number of hydrogen-bond acceptors (Lipinski definition) is 7. The molecule has 0 atom stereocenters. The molecule has 4 bridgehead atoms. The number of carboxylic acid groups (broad SMARTS) is 1. The summed E-state index contributed by atoms with van der Waals surface area (Å²) < 4.78 is 17.3. The normalized spacial score (nSPS) is 29.9. The quantitative estimate of drug-likeness (QED) is 0.377. The number of ether oxygens (including phenoxy) is 2. The minimum absolute atomic E-state index is 0.00818. The van der Waals surface area contributed by atoms with Gasteiger partial charge in [-0.2, -0.15) is 0 Å². The summed E-state index contributed by atoms with van der Waals surface area (Å²) in [5, 5.41) is 8.91. The highest BCUT2D eigenvalue weighted by Crippen LogP contribution is 2.56. The molecule has 1 aromatic carbocycles. The molecule has 5 aliphatic rings. The fraction of sp³-hybridized carbons (Fsp3) is 0.444. The van der Waals surface area contributed by atoms with E-state index in [1.807, 2.05) is 11.0 Å². The summed E-state index contributed by atoms with van der Waals surface area (Å²) in [6.45, 7) is -0.456. The smallest absolute Gasteiger partial charge is 0.341 e. The Balaban J connectivity index is 1.22. The summed E-state index contributed by atoms with van der Waals surface area (Å²) in [5.41, 5.74) is 0.676. The summed E-state index contributed by atoms with van der Waals surface area (Å²) in [5.74, 6) is 3.73. The molecule has 1 N–H and O–H groups in total. The van der Waals surface area contributed by atoms with Gasteiger partial charge in [-0.3, -0.25) is 9.69 Å². The first kappa shape index (κ1) is 23.6. The maximum Gasteiger partial charge on any atom is 0.341 e. The number of amides is 1. The van der Waals surface area contributed by atoms with Crippen LogP contribution in [0.4, 0.5) is 0 Å².